The Kier molecular flexibility index (Phi) is 4.39. The maximum Gasteiger partial charge on any atom is 0.166 e. The maximum absolute atomic E-state index is 12.9. The van der Waals surface area contributed by atoms with Crippen LogP contribution in [0.3, 0.4) is 0 Å². The summed E-state index contributed by atoms with van der Waals surface area (Å²) >= 11 is 6.16. The lowest BCUT2D eigenvalue weighted by atomic mass is 9.89. The van der Waals surface area contributed by atoms with Gasteiger partial charge in [-0.15, -0.1) is 0 Å². The molecule has 1 fully saturated rings. The van der Waals surface area contributed by atoms with Crippen molar-refractivity contribution in [1.82, 2.24) is 4.98 Å². The van der Waals surface area contributed by atoms with E-state index in [1.165, 1.54) is 12.1 Å². The lowest BCUT2D eigenvalue weighted by molar-refractivity contribution is 0.0900. The van der Waals surface area contributed by atoms with E-state index < -0.39 is 0 Å². The van der Waals surface area contributed by atoms with Crippen LogP contribution in [0.15, 0.2) is 42.6 Å². The molecule has 1 aromatic carbocycles. The summed E-state index contributed by atoms with van der Waals surface area (Å²) in [6.45, 7) is 1.49. The van der Waals surface area contributed by atoms with Gasteiger partial charge in [-0.05, 0) is 49.2 Å². The Hall–Kier alpha value is -1.94. The third kappa shape index (κ3) is 3.12. The predicted octanol–water partition coefficient (Wildman–Crippen LogP) is 3.97. The Labute approximate surface area is 133 Å². The van der Waals surface area contributed by atoms with E-state index in [1.54, 1.807) is 24.4 Å². The van der Waals surface area contributed by atoms with E-state index in [1.807, 2.05) is 6.07 Å². The minimum atomic E-state index is -0.323. The number of piperidine rings is 1. The Balaban J connectivity index is 1.65. The number of nitrogens with zero attached hydrogens (tertiary/aromatic N) is 2. The summed E-state index contributed by atoms with van der Waals surface area (Å²) in [6, 6.07) is 9.39. The van der Waals surface area contributed by atoms with Crippen LogP contribution in [-0.2, 0) is 0 Å². The summed E-state index contributed by atoms with van der Waals surface area (Å²) < 4.78 is 12.9. The van der Waals surface area contributed by atoms with E-state index in [9.17, 15) is 9.18 Å². The number of hydrogen-bond donors (Lipinski definition) is 0. The second-order valence-corrected chi connectivity index (χ2v) is 5.85. The lowest BCUT2D eigenvalue weighted by Crippen LogP contribution is -2.37. The molecule has 0 spiro atoms. The smallest absolute Gasteiger partial charge is 0.166 e. The topological polar surface area (TPSA) is 33.2 Å². The zero-order chi connectivity index (χ0) is 15.5. The summed E-state index contributed by atoms with van der Waals surface area (Å²) in [5, 5.41) is 0.630. The van der Waals surface area contributed by atoms with Gasteiger partial charge in [-0.2, -0.15) is 0 Å². The number of carbonyl (C=O) groups excluding carboxylic acids is 1. The second kappa shape index (κ2) is 6.44. The molecule has 2 aromatic rings. The molecule has 0 radical (unpaired) electrons. The van der Waals surface area contributed by atoms with Crippen molar-refractivity contribution in [3.63, 3.8) is 0 Å². The molecule has 114 valence electrons. The average molecular weight is 319 g/mol. The first-order valence-corrected chi connectivity index (χ1v) is 7.68. The van der Waals surface area contributed by atoms with Crippen LogP contribution in [0.4, 0.5) is 10.2 Å². The maximum atomic E-state index is 12.9. The number of hydrogen-bond acceptors (Lipinski definition) is 3. The SMILES string of the molecule is O=C(c1ccc(F)cc1)C1CCN(c2ncccc2Cl)CC1. The van der Waals surface area contributed by atoms with Crippen LogP contribution in [-0.4, -0.2) is 23.9 Å². The zero-order valence-corrected chi connectivity index (χ0v) is 12.8. The average Bonchev–Trinajstić information content (AvgIpc) is 2.56. The first-order chi connectivity index (χ1) is 10.6. The predicted molar refractivity (Wildman–Crippen MR) is 84.9 cm³/mol. The fraction of sp³-hybridized carbons (Fsp3) is 0.294. The fourth-order valence-electron chi connectivity index (χ4n) is 2.81. The molecule has 0 saturated carbocycles. The van der Waals surface area contributed by atoms with Gasteiger partial charge in [-0.25, -0.2) is 9.37 Å². The fourth-order valence-corrected chi connectivity index (χ4v) is 3.05. The van der Waals surface area contributed by atoms with Gasteiger partial charge in [-0.3, -0.25) is 4.79 Å². The molecule has 0 atom stereocenters. The minimum absolute atomic E-state index is 0.0239. The van der Waals surface area contributed by atoms with Crippen molar-refractivity contribution in [1.29, 1.82) is 0 Å². The van der Waals surface area contributed by atoms with Crippen molar-refractivity contribution in [2.75, 3.05) is 18.0 Å². The van der Waals surface area contributed by atoms with E-state index in [4.69, 9.17) is 11.6 Å². The Morgan fingerprint density at radius 2 is 1.86 bits per heavy atom. The molecule has 1 saturated heterocycles. The van der Waals surface area contributed by atoms with Gasteiger partial charge in [0.25, 0.3) is 0 Å². The van der Waals surface area contributed by atoms with Crippen molar-refractivity contribution in [2.24, 2.45) is 5.92 Å². The standard InChI is InChI=1S/C17H16ClFN2O/c18-15-2-1-9-20-17(15)21-10-7-13(8-11-21)16(22)12-3-5-14(19)6-4-12/h1-6,9,13H,7-8,10-11H2. The number of benzene rings is 1. The molecule has 5 heteroatoms. The van der Waals surface area contributed by atoms with Crippen LogP contribution >= 0.6 is 11.6 Å². The molecule has 1 aromatic heterocycles. The number of ketones is 1. The second-order valence-electron chi connectivity index (χ2n) is 5.44. The highest BCUT2D eigenvalue weighted by Crippen LogP contribution is 2.28. The van der Waals surface area contributed by atoms with Gasteiger partial charge in [0.2, 0.25) is 0 Å². The largest absolute Gasteiger partial charge is 0.355 e. The Morgan fingerprint density at radius 1 is 1.18 bits per heavy atom. The van der Waals surface area contributed by atoms with E-state index in [-0.39, 0.29) is 17.5 Å². The van der Waals surface area contributed by atoms with Crippen molar-refractivity contribution in [3.8, 4) is 0 Å². The Bertz CT molecular complexity index is 667. The summed E-state index contributed by atoms with van der Waals surface area (Å²) in [5.74, 6) is 0.518. The number of pyridine rings is 1. The molecule has 0 N–H and O–H groups in total. The van der Waals surface area contributed by atoms with Crippen LogP contribution in [0.2, 0.25) is 5.02 Å². The van der Waals surface area contributed by atoms with Gasteiger partial charge in [0.05, 0.1) is 5.02 Å². The lowest BCUT2D eigenvalue weighted by Gasteiger charge is -2.32. The highest BCUT2D eigenvalue weighted by Gasteiger charge is 2.27. The Morgan fingerprint density at radius 3 is 2.50 bits per heavy atom. The van der Waals surface area contributed by atoms with Crippen molar-refractivity contribution >= 4 is 23.2 Å². The number of Topliss-reactive ketones (excluding diaryl/α,β-unsaturated/α-hetero) is 1. The van der Waals surface area contributed by atoms with Gasteiger partial charge >= 0.3 is 0 Å². The quantitative estimate of drug-likeness (QED) is 0.803. The molecule has 0 unspecified atom stereocenters. The van der Waals surface area contributed by atoms with Crippen LogP contribution < -0.4 is 4.90 Å². The van der Waals surface area contributed by atoms with E-state index >= 15 is 0 Å². The molecule has 1 aliphatic rings. The number of carbonyl (C=O) groups is 1. The first kappa shape index (κ1) is 15.0. The number of rotatable bonds is 3. The van der Waals surface area contributed by atoms with Crippen LogP contribution in [0.1, 0.15) is 23.2 Å². The molecule has 0 amide bonds. The van der Waals surface area contributed by atoms with Crippen molar-refractivity contribution in [2.45, 2.75) is 12.8 Å². The molecule has 3 nitrogen and oxygen atoms in total. The van der Waals surface area contributed by atoms with Crippen LogP contribution in [0.25, 0.3) is 0 Å². The third-order valence-corrected chi connectivity index (χ3v) is 4.33. The zero-order valence-electron chi connectivity index (χ0n) is 12.0. The van der Waals surface area contributed by atoms with Gasteiger partial charge in [0, 0.05) is 30.8 Å². The number of halogens is 2. The van der Waals surface area contributed by atoms with Gasteiger partial charge in [0.15, 0.2) is 5.78 Å². The van der Waals surface area contributed by atoms with Gasteiger partial charge in [-0.1, -0.05) is 11.6 Å². The van der Waals surface area contributed by atoms with Crippen molar-refractivity contribution < 1.29 is 9.18 Å². The number of anilines is 1. The summed E-state index contributed by atoms with van der Waals surface area (Å²) in [5.41, 5.74) is 0.579. The first-order valence-electron chi connectivity index (χ1n) is 7.30. The summed E-state index contributed by atoms with van der Waals surface area (Å²) in [4.78, 5) is 18.9. The molecule has 3 rings (SSSR count). The molecule has 1 aliphatic heterocycles. The van der Waals surface area contributed by atoms with Gasteiger partial charge < -0.3 is 4.90 Å². The summed E-state index contributed by atoms with van der Waals surface area (Å²) in [7, 11) is 0. The molecule has 2 heterocycles. The van der Waals surface area contributed by atoms with E-state index in [0.29, 0.717) is 10.6 Å². The highest BCUT2D eigenvalue weighted by molar-refractivity contribution is 6.32. The van der Waals surface area contributed by atoms with Crippen LogP contribution in [0.5, 0.6) is 0 Å². The van der Waals surface area contributed by atoms with Gasteiger partial charge in [0.1, 0.15) is 11.6 Å². The molecule has 0 bridgehead atoms. The molecule has 22 heavy (non-hydrogen) atoms. The van der Waals surface area contributed by atoms with Crippen molar-refractivity contribution in [3.05, 3.63) is 59.0 Å². The third-order valence-electron chi connectivity index (χ3n) is 4.03. The minimum Gasteiger partial charge on any atom is -0.355 e. The highest BCUT2D eigenvalue weighted by atomic mass is 35.5. The van der Waals surface area contributed by atoms with E-state index in [0.717, 1.165) is 31.7 Å². The van der Waals surface area contributed by atoms with Crippen LogP contribution in [0, 0.1) is 11.7 Å². The van der Waals surface area contributed by atoms with E-state index in [2.05, 4.69) is 9.88 Å². The normalized spacial score (nSPS) is 15.8. The molecular weight excluding hydrogens is 303 g/mol. The molecular formula is C17H16ClFN2O. The monoisotopic (exact) mass is 318 g/mol. The number of aromatic nitrogens is 1. The summed E-state index contributed by atoms with van der Waals surface area (Å²) in [6.07, 6.45) is 3.23. The molecule has 0 aliphatic carbocycles.